The summed E-state index contributed by atoms with van der Waals surface area (Å²) in [4.78, 5) is 0. The van der Waals surface area contributed by atoms with Crippen LogP contribution >= 0.6 is 0 Å². The molecule has 0 saturated carbocycles. The predicted molar refractivity (Wildman–Crippen MR) is 125 cm³/mol. The Labute approximate surface area is 176 Å². The van der Waals surface area contributed by atoms with Crippen molar-refractivity contribution in [2.24, 2.45) is 5.41 Å². The van der Waals surface area contributed by atoms with Crippen LogP contribution in [0.25, 0.3) is 0 Å². The molecule has 1 unspecified atom stereocenters. The molecule has 0 nitrogen and oxygen atoms in total. The molecule has 2 aromatic rings. The summed E-state index contributed by atoms with van der Waals surface area (Å²) in [5.41, 5.74) is 5.92. The second kappa shape index (κ2) is 7.34. The summed E-state index contributed by atoms with van der Waals surface area (Å²) >= 11 is 0. The molecule has 0 saturated heterocycles. The highest BCUT2D eigenvalue weighted by Crippen LogP contribution is 2.65. The molecule has 0 N–H and O–H groups in total. The Bertz CT molecular complexity index is 925. The molecule has 0 bridgehead atoms. The number of fused-ring (bicyclic) bond motifs is 2. The molecule has 0 amide bonds. The highest BCUT2D eigenvalue weighted by Gasteiger charge is 2.60. The minimum absolute atomic E-state index is 0.00886. The second-order valence-corrected chi connectivity index (χ2v) is 9.05. The Morgan fingerprint density at radius 1 is 0.690 bits per heavy atom. The lowest BCUT2D eigenvalue weighted by atomic mass is 9.55. The standard InChI is InChI=1S/C29H32/c1-5-17-27(18-6-2)22-29(19-7-3,26-16-12-11-15-25(26)27)28(8-4)20-23-13-9-10-14-24(23)21-28/h5-16H,1-4,17-22H2. The van der Waals surface area contributed by atoms with Gasteiger partial charge in [-0.25, -0.2) is 0 Å². The van der Waals surface area contributed by atoms with Gasteiger partial charge in [-0.05, 0) is 60.8 Å². The molecular formula is C29H32. The van der Waals surface area contributed by atoms with Gasteiger partial charge in [-0.2, -0.15) is 0 Å². The van der Waals surface area contributed by atoms with E-state index in [1.54, 1.807) is 0 Å². The number of benzene rings is 2. The minimum atomic E-state index is -0.0157. The first kappa shape index (κ1) is 19.7. The van der Waals surface area contributed by atoms with Crippen LogP contribution in [0.5, 0.6) is 0 Å². The number of rotatable bonds is 8. The number of allylic oxidation sites excluding steroid dienone is 4. The molecule has 1 atom stereocenters. The fourth-order valence-electron chi connectivity index (χ4n) is 6.53. The smallest absolute Gasteiger partial charge is 0.00961 e. The summed E-state index contributed by atoms with van der Waals surface area (Å²) in [7, 11) is 0. The van der Waals surface area contributed by atoms with Gasteiger partial charge < -0.3 is 0 Å². The van der Waals surface area contributed by atoms with Crippen molar-refractivity contribution >= 4 is 0 Å². The second-order valence-electron chi connectivity index (χ2n) is 9.05. The largest absolute Gasteiger partial charge is 0.103 e. The number of hydrogen-bond donors (Lipinski definition) is 0. The van der Waals surface area contributed by atoms with Crippen LogP contribution in [0.4, 0.5) is 0 Å². The molecule has 0 aromatic heterocycles. The summed E-state index contributed by atoms with van der Waals surface area (Å²) < 4.78 is 0. The van der Waals surface area contributed by atoms with E-state index >= 15 is 0 Å². The van der Waals surface area contributed by atoms with E-state index in [0.717, 1.165) is 38.5 Å². The summed E-state index contributed by atoms with van der Waals surface area (Å²) in [6.45, 7) is 16.8. The van der Waals surface area contributed by atoms with E-state index in [9.17, 15) is 0 Å². The van der Waals surface area contributed by atoms with E-state index in [4.69, 9.17) is 0 Å². The molecule has 0 fully saturated rings. The summed E-state index contributed by atoms with van der Waals surface area (Å²) in [5, 5.41) is 0. The van der Waals surface area contributed by atoms with Crippen LogP contribution in [-0.2, 0) is 23.7 Å². The normalized spacial score (nSPS) is 23.0. The van der Waals surface area contributed by atoms with Crippen molar-refractivity contribution in [1.82, 2.24) is 0 Å². The van der Waals surface area contributed by atoms with Crippen molar-refractivity contribution in [3.8, 4) is 0 Å². The SMILES string of the molecule is C=CCC1(CC=C)CC(CC=C)(C2(C=C)Cc3ccccc3C2)c2ccccc21. The van der Waals surface area contributed by atoms with Gasteiger partial charge in [-0.3, -0.25) is 0 Å². The van der Waals surface area contributed by atoms with Crippen molar-refractivity contribution in [3.63, 3.8) is 0 Å². The topological polar surface area (TPSA) is 0 Å². The third kappa shape index (κ3) is 2.73. The quantitative estimate of drug-likeness (QED) is 0.423. The monoisotopic (exact) mass is 380 g/mol. The molecule has 2 aromatic carbocycles. The molecule has 0 heterocycles. The third-order valence-corrected chi connectivity index (χ3v) is 7.69. The highest BCUT2D eigenvalue weighted by atomic mass is 14.6. The van der Waals surface area contributed by atoms with Crippen molar-refractivity contribution in [2.75, 3.05) is 0 Å². The van der Waals surface area contributed by atoms with E-state index in [2.05, 4.69) is 99.2 Å². The molecule has 0 heteroatoms. The molecule has 0 aliphatic heterocycles. The Kier molecular flexibility index (Phi) is 4.99. The summed E-state index contributed by atoms with van der Waals surface area (Å²) in [6.07, 6.45) is 14.7. The van der Waals surface area contributed by atoms with Gasteiger partial charge in [0, 0.05) is 16.2 Å². The first-order chi connectivity index (χ1) is 14.1. The van der Waals surface area contributed by atoms with Crippen LogP contribution in [0.1, 0.15) is 47.9 Å². The van der Waals surface area contributed by atoms with Crippen LogP contribution in [-0.4, -0.2) is 0 Å². The lowest BCUT2D eigenvalue weighted by molar-refractivity contribution is 0.156. The summed E-state index contributed by atoms with van der Waals surface area (Å²) in [5.74, 6) is 0. The van der Waals surface area contributed by atoms with Gasteiger partial charge in [0.05, 0.1) is 0 Å². The van der Waals surface area contributed by atoms with E-state index < -0.39 is 0 Å². The van der Waals surface area contributed by atoms with Gasteiger partial charge in [0.1, 0.15) is 0 Å². The molecule has 2 aliphatic carbocycles. The van der Waals surface area contributed by atoms with Gasteiger partial charge in [0.25, 0.3) is 0 Å². The maximum Gasteiger partial charge on any atom is 0.00961 e. The molecule has 4 rings (SSSR count). The van der Waals surface area contributed by atoms with Crippen LogP contribution in [0, 0.1) is 5.41 Å². The van der Waals surface area contributed by atoms with Crippen LogP contribution in [0.3, 0.4) is 0 Å². The molecule has 0 radical (unpaired) electrons. The Morgan fingerprint density at radius 2 is 1.21 bits per heavy atom. The van der Waals surface area contributed by atoms with E-state index in [-0.39, 0.29) is 16.2 Å². The molecule has 148 valence electrons. The van der Waals surface area contributed by atoms with Crippen molar-refractivity contribution in [3.05, 3.63) is 121 Å². The predicted octanol–water partition coefficient (Wildman–Crippen LogP) is 7.27. The first-order valence-electron chi connectivity index (χ1n) is 10.7. The van der Waals surface area contributed by atoms with Crippen LogP contribution in [0.2, 0.25) is 0 Å². The van der Waals surface area contributed by atoms with Crippen molar-refractivity contribution in [2.45, 2.75) is 49.4 Å². The van der Waals surface area contributed by atoms with E-state index in [1.807, 2.05) is 0 Å². The Hall–Kier alpha value is -2.60. The fourth-order valence-corrected chi connectivity index (χ4v) is 6.53. The Balaban J connectivity index is 1.96. The summed E-state index contributed by atoms with van der Waals surface area (Å²) in [6, 6.07) is 18.0. The Morgan fingerprint density at radius 3 is 1.72 bits per heavy atom. The zero-order valence-corrected chi connectivity index (χ0v) is 17.5. The van der Waals surface area contributed by atoms with Gasteiger partial charge in [-0.15, -0.1) is 26.3 Å². The first-order valence-corrected chi connectivity index (χ1v) is 10.7. The van der Waals surface area contributed by atoms with Gasteiger partial charge in [0.2, 0.25) is 0 Å². The fraction of sp³-hybridized carbons (Fsp3) is 0.310. The highest BCUT2D eigenvalue weighted by molar-refractivity contribution is 5.53. The maximum absolute atomic E-state index is 4.41. The van der Waals surface area contributed by atoms with Crippen LogP contribution < -0.4 is 0 Å². The average molecular weight is 381 g/mol. The molecular weight excluding hydrogens is 348 g/mol. The zero-order chi connectivity index (χ0) is 20.5. The van der Waals surface area contributed by atoms with E-state index in [0.29, 0.717) is 0 Å². The molecule has 29 heavy (non-hydrogen) atoms. The minimum Gasteiger partial charge on any atom is -0.103 e. The zero-order valence-electron chi connectivity index (χ0n) is 17.5. The van der Waals surface area contributed by atoms with Gasteiger partial charge in [0.15, 0.2) is 0 Å². The van der Waals surface area contributed by atoms with Crippen molar-refractivity contribution < 1.29 is 0 Å². The lowest BCUT2D eigenvalue weighted by Gasteiger charge is -2.47. The third-order valence-electron chi connectivity index (χ3n) is 7.69. The van der Waals surface area contributed by atoms with Gasteiger partial charge >= 0.3 is 0 Å². The van der Waals surface area contributed by atoms with Crippen molar-refractivity contribution in [1.29, 1.82) is 0 Å². The molecule has 0 spiro atoms. The van der Waals surface area contributed by atoms with Crippen LogP contribution in [0.15, 0.2) is 99.2 Å². The van der Waals surface area contributed by atoms with Gasteiger partial charge in [-0.1, -0.05) is 72.8 Å². The molecule has 2 aliphatic rings. The van der Waals surface area contributed by atoms with E-state index in [1.165, 1.54) is 22.3 Å². The maximum atomic E-state index is 4.41. The number of hydrogen-bond acceptors (Lipinski definition) is 0. The average Bonchev–Trinajstić information content (AvgIpc) is 3.25. The lowest BCUT2D eigenvalue weighted by Crippen LogP contribution is -2.45.